The van der Waals surface area contributed by atoms with Crippen molar-refractivity contribution < 1.29 is 23.1 Å². The number of hydrogen-bond donors (Lipinski definition) is 2. The lowest BCUT2D eigenvalue weighted by atomic mass is 10.3. The predicted molar refractivity (Wildman–Crippen MR) is 71.9 cm³/mol. The summed E-state index contributed by atoms with van der Waals surface area (Å²) in [5.74, 6) is -0.982. The normalized spacial score (nSPS) is 13.4. The van der Waals surface area contributed by atoms with E-state index in [0.717, 1.165) is 11.3 Å². The van der Waals surface area contributed by atoms with Gasteiger partial charge >= 0.3 is 5.97 Å². The van der Waals surface area contributed by atoms with Crippen molar-refractivity contribution in [2.75, 3.05) is 13.7 Å². The molecule has 1 atom stereocenters. The third-order valence-corrected chi connectivity index (χ3v) is 5.51. The monoisotopic (exact) mass is 307 g/mol. The maximum Gasteiger partial charge on any atom is 0.308 e. The molecule has 6 nitrogen and oxygen atoms in total. The van der Waals surface area contributed by atoms with Crippen LogP contribution in [0.15, 0.2) is 16.3 Å². The molecule has 0 saturated heterocycles. The van der Waals surface area contributed by atoms with Gasteiger partial charge in [0.1, 0.15) is 4.21 Å². The molecule has 8 heteroatoms. The standard InChI is InChI=1S/C11H17NO5S2/c1-3-8(7-17-2)12-19(15,16)11-5-4-9(18-11)6-10(13)14/h4-5,8,12H,3,6-7H2,1-2H3,(H,13,14). The average Bonchev–Trinajstić information content (AvgIpc) is 2.76. The van der Waals surface area contributed by atoms with E-state index in [1.54, 1.807) is 0 Å². The molecule has 0 aliphatic rings. The first kappa shape index (κ1) is 16.1. The Balaban J connectivity index is 2.82. The lowest BCUT2D eigenvalue weighted by Crippen LogP contribution is -2.37. The number of carboxylic acid groups (broad SMARTS) is 1. The molecule has 1 heterocycles. The fourth-order valence-corrected chi connectivity index (χ4v) is 4.13. The Kier molecular flexibility index (Phi) is 5.92. The summed E-state index contributed by atoms with van der Waals surface area (Å²) in [5.41, 5.74) is 0. The minimum atomic E-state index is -3.61. The topological polar surface area (TPSA) is 92.7 Å². The summed E-state index contributed by atoms with van der Waals surface area (Å²) in [5, 5.41) is 8.66. The molecule has 0 aliphatic heterocycles. The van der Waals surface area contributed by atoms with Crippen LogP contribution >= 0.6 is 11.3 Å². The van der Waals surface area contributed by atoms with Gasteiger partial charge in [-0.1, -0.05) is 6.92 Å². The van der Waals surface area contributed by atoms with Crippen LogP contribution in [0.25, 0.3) is 0 Å². The van der Waals surface area contributed by atoms with E-state index < -0.39 is 16.0 Å². The van der Waals surface area contributed by atoms with Gasteiger partial charge in [-0.3, -0.25) is 4.79 Å². The number of carboxylic acids is 1. The van der Waals surface area contributed by atoms with Gasteiger partial charge in [0.15, 0.2) is 0 Å². The molecule has 1 aromatic heterocycles. The molecular weight excluding hydrogens is 290 g/mol. The molecule has 0 aliphatic carbocycles. The lowest BCUT2D eigenvalue weighted by molar-refractivity contribution is -0.136. The second kappa shape index (κ2) is 6.99. The molecule has 19 heavy (non-hydrogen) atoms. The Labute approximate surface area is 116 Å². The van der Waals surface area contributed by atoms with Crippen molar-refractivity contribution in [3.8, 4) is 0 Å². The quantitative estimate of drug-likeness (QED) is 0.749. The summed E-state index contributed by atoms with van der Waals surface area (Å²) in [6, 6.07) is 2.65. The van der Waals surface area contributed by atoms with E-state index in [2.05, 4.69) is 4.72 Å². The smallest absolute Gasteiger partial charge is 0.308 e. The summed E-state index contributed by atoms with van der Waals surface area (Å²) in [7, 11) is -2.11. The summed E-state index contributed by atoms with van der Waals surface area (Å²) >= 11 is 0.967. The maximum atomic E-state index is 12.1. The van der Waals surface area contributed by atoms with Gasteiger partial charge in [-0.25, -0.2) is 13.1 Å². The van der Waals surface area contributed by atoms with Crippen LogP contribution in [0.3, 0.4) is 0 Å². The Morgan fingerprint density at radius 1 is 1.53 bits per heavy atom. The highest BCUT2D eigenvalue weighted by molar-refractivity contribution is 7.91. The van der Waals surface area contributed by atoms with E-state index in [1.807, 2.05) is 6.92 Å². The van der Waals surface area contributed by atoms with Crippen LogP contribution in [-0.2, 0) is 26.0 Å². The van der Waals surface area contributed by atoms with Crippen molar-refractivity contribution in [3.05, 3.63) is 17.0 Å². The molecule has 1 unspecified atom stereocenters. The number of thiophene rings is 1. The van der Waals surface area contributed by atoms with E-state index in [0.29, 0.717) is 17.9 Å². The van der Waals surface area contributed by atoms with Gasteiger partial charge in [-0.05, 0) is 18.6 Å². The highest BCUT2D eigenvalue weighted by Crippen LogP contribution is 2.22. The Morgan fingerprint density at radius 2 is 2.21 bits per heavy atom. The highest BCUT2D eigenvalue weighted by atomic mass is 32.2. The van der Waals surface area contributed by atoms with Crippen LogP contribution in [0.1, 0.15) is 18.2 Å². The first-order chi connectivity index (χ1) is 8.89. The molecule has 0 spiro atoms. The Bertz CT molecular complexity index is 523. The van der Waals surface area contributed by atoms with Gasteiger partial charge in [0.05, 0.1) is 13.0 Å². The van der Waals surface area contributed by atoms with E-state index in [-0.39, 0.29) is 16.7 Å². The first-order valence-corrected chi connectivity index (χ1v) is 8.00. The van der Waals surface area contributed by atoms with Crippen molar-refractivity contribution in [2.45, 2.75) is 30.0 Å². The van der Waals surface area contributed by atoms with Crippen molar-refractivity contribution >= 4 is 27.3 Å². The zero-order valence-electron chi connectivity index (χ0n) is 10.8. The molecular formula is C11H17NO5S2. The van der Waals surface area contributed by atoms with Crippen LogP contribution in [0.4, 0.5) is 0 Å². The molecule has 0 saturated carbocycles. The number of sulfonamides is 1. The van der Waals surface area contributed by atoms with Gasteiger partial charge in [0.25, 0.3) is 0 Å². The number of hydrogen-bond acceptors (Lipinski definition) is 5. The van der Waals surface area contributed by atoms with E-state index in [4.69, 9.17) is 9.84 Å². The van der Waals surface area contributed by atoms with E-state index in [1.165, 1.54) is 19.2 Å². The van der Waals surface area contributed by atoms with Crippen molar-refractivity contribution in [1.82, 2.24) is 4.72 Å². The molecule has 1 aromatic rings. The SMILES string of the molecule is CCC(COC)NS(=O)(=O)c1ccc(CC(=O)O)s1. The zero-order chi connectivity index (χ0) is 14.5. The molecule has 0 aromatic carbocycles. The number of carbonyl (C=O) groups is 1. The maximum absolute atomic E-state index is 12.1. The third-order valence-electron chi connectivity index (χ3n) is 2.41. The summed E-state index contributed by atoms with van der Waals surface area (Å²) < 4.78 is 31.7. The van der Waals surface area contributed by atoms with Crippen LogP contribution in [-0.4, -0.2) is 39.3 Å². The number of aliphatic carboxylic acids is 1. The summed E-state index contributed by atoms with van der Waals surface area (Å²) in [6.45, 7) is 2.15. The van der Waals surface area contributed by atoms with Gasteiger partial charge in [-0.2, -0.15) is 0 Å². The number of nitrogens with one attached hydrogen (secondary N) is 1. The minimum absolute atomic E-state index is 0.123. The number of methoxy groups -OCH3 is 1. The van der Waals surface area contributed by atoms with Crippen LogP contribution in [0.5, 0.6) is 0 Å². The molecule has 0 amide bonds. The van der Waals surface area contributed by atoms with Gasteiger partial charge in [-0.15, -0.1) is 11.3 Å². The zero-order valence-corrected chi connectivity index (χ0v) is 12.4. The molecule has 1 rings (SSSR count). The number of rotatable bonds is 8. The second-order valence-corrected chi connectivity index (χ2v) is 7.08. The second-order valence-electron chi connectivity index (χ2n) is 3.97. The van der Waals surface area contributed by atoms with Crippen molar-refractivity contribution in [1.29, 1.82) is 0 Å². The molecule has 2 N–H and O–H groups in total. The lowest BCUT2D eigenvalue weighted by Gasteiger charge is -2.15. The fraction of sp³-hybridized carbons (Fsp3) is 0.545. The van der Waals surface area contributed by atoms with E-state index >= 15 is 0 Å². The molecule has 0 fully saturated rings. The Hall–Kier alpha value is -0.960. The summed E-state index contributed by atoms with van der Waals surface area (Å²) in [6.07, 6.45) is 0.440. The van der Waals surface area contributed by atoms with Gasteiger partial charge < -0.3 is 9.84 Å². The first-order valence-electron chi connectivity index (χ1n) is 5.70. The van der Waals surface area contributed by atoms with Crippen LogP contribution in [0.2, 0.25) is 0 Å². The molecule has 0 bridgehead atoms. The van der Waals surface area contributed by atoms with Gasteiger partial charge in [0, 0.05) is 18.0 Å². The fourth-order valence-electron chi connectivity index (χ4n) is 1.46. The average molecular weight is 307 g/mol. The summed E-state index contributed by atoms with van der Waals surface area (Å²) in [4.78, 5) is 11.1. The van der Waals surface area contributed by atoms with Crippen LogP contribution in [0, 0.1) is 0 Å². The van der Waals surface area contributed by atoms with Crippen molar-refractivity contribution in [3.63, 3.8) is 0 Å². The minimum Gasteiger partial charge on any atom is -0.481 e. The van der Waals surface area contributed by atoms with Crippen molar-refractivity contribution in [2.24, 2.45) is 0 Å². The number of ether oxygens (including phenoxy) is 1. The van der Waals surface area contributed by atoms with E-state index in [9.17, 15) is 13.2 Å². The Morgan fingerprint density at radius 3 is 2.74 bits per heavy atom. The predicted octanol–water partition coefficient (Wildman–Crippen LogP) is 1.08. The van der Waals surface area contributed by atoms with Gasteiger partial charge in [0.2, 0.25) is 10.0 Å². The van der Waals surface area contributed by atoms with Crippen LogP contribution < -0.4 is 4.72 Å². The largest absolute Gasteiger partial charge is 0.481 e. The highest BCUT2D eigenvalue weighted by Gasteiger charge is 2.21. The molecule has 0 radical (unpaired) electrons. The third kappa shape index (κ3) is 4.90. The molecule has 108 valence electrons.